The second kappa shape index (κ2) is 9.62. The fourth-order valence-electron chi connectivity index (χ4n) is 2.33. The van der Waals surface area contributed by atoms with Crippen molar-refractivity contribution in [3.63, 3.8) is 0 Å². The maximum Gasteiger partial charge on any atom is 0.195 e. The van der Waals surface area contributed by atoms with Crippen molar-refractivity contribution < 1.29 is 19.0 Å². The summed E-state index contributed by atoms with van der Waals surface area (Å²) < 4.78 is 23.5. The van der Waals surface area contributed by atoms with Gasteiger partial charge < -0.3 is 25.2 Å². The Kier molecular flexibility index (Phi) is 7.23. The summed E-state index contributed by atoms with van der Waals surface area (Å²) in [7, 11) is 3.15. The molecule has 0 amide bonds. The van der Waals surface area contributed by atoms with Crippen LogP contribution >= 0.6 is 0 Å². The number of halogens is 1. The minimum Gasteiger partial charge on any atom is -0.493 e. The number of aliphatic hydroxyl groups is 1. The summed E-state index contributed by atoms with van der Waals surface area (Å²) in [5, 5.41) is 16.5. The first-order valence-corrected chi connectivity index (χ1v) is 8.28. The number of aliphatic imine (C=N–C) groups is 1. The van der Waals surface area contributed by atoms with Crippen molar-refractivity contribution in [3.8, 4) is 11.5 Å². The van der Waals surface area contributed by atoms with Crippen LogP contribution in [0.2, 0.25) is 0 Å². The Labute approximate surface area is 152 Å². The van der Waals surface area contributed by atoms with Crippen LogP contribution < -0.4 is 20.1 Å². The van der Waals surface area contributed by atoms with Crippen molar-refractivity contribution in [2.24, 2.45) is 4.99 Å². The Morgan fingerprint density at radius 3 is 2.42 bits per heavy atom. The lowest BCUT2D eigenvalue weighted by Gasteiger charge is -2.15. The second-order valence-corrected chi connectivity index (χ2v) is 5.48. The molecule has 0 saturated heterocycles. The van der Waals surface area contributed by atoms with Crippen LogP contribution in [0.1, 0.15) is 18.6 Å². The van der Waals surface area contributed by atoms with Crippen molar-refractivity contribution in [3.05, 3.63) is 53.8 Å². The molecular weight excluding hydrogens is 337 g/mol. The zero-order valence-electron chi connectivity index (χ0n) is 15.1. The van der Waals surface area contributed by atoms with Crippen LogP contribution in [-0.4, -0.2) is 38.4 Å². The van der Waals surface area contributed by atoms with Gasteiger partial charge in [0.15, 0.2) is 17.5 Å². The zero-order chi connectivity index (χ0) is 18.9. The number of rotatable bonds is 7. The number of nitrogens with one attached hydrogen (secondary N) is 2. The van der Waals surface area contributed by atoms with Crippen molar-refractivity contribution in [2.75, 3.05) is 32.6 Å². The topological polar surface area (TPSA) is 75.1 Å². The predicted molar refractivity (Wildman–Crippen MR) is 101 cm³/mol. The first kappa shape index (κ1) is 19.5. The van der Waals surface area contributed by atoms with Gasteiger partial charge in [0, 0.05) is 18.3 Å². The summed E-state index contributed by atoms with van der Waals surface area (Å²) in [5.74, 6) is 1.40. The number of methoxy groups -OCH3 is 2. The third-order valence-electron chi connectivity index (χ3n) is 3.67. The van der Waals surface area contributed by atoms with Crippen molar-refractivity contribution in [1.29, 1.82) is 0 Å². The quantitative estimate of drug-likeness (QED) is 0.522. The highest BCUT2D eigenvalue weighted by Crippen LogP contribution is 2.29. The van der Waals surface area contributed by atoms with E-state index in [2.05, 4.69) is 15.6 Å². The van der Waals surface area contributed by atoms with Gasteiger partial charge in [-0.3, -0.25) is 0 Å². The molecule has 2 rings (SSSR count). The average Bonchev–Trinajstić information content (AvgIpc) is 2.66. The van der Waals surface area contributed by atoms with Gasteiger partial charge in [-0.1, -0.05) is 12.1 Å². The fraction of sp³-hybridized carbons (Fsp3) is 0.316. The SMILES string of the molecule is CCNC(=NCC(O)c1ccc(F)cc1)Nc1ccc(OC)c(OC)c1. The molecule has 0 radical (unpaired) electrons. The molecule has 26 heavy (non-hydrogen) atoms. The fourth-order valence-corrected chi connectivity index (χ4v) is 2.33. The highest BCUT2D eigenvalue weighted by molar-refractivity contribution is 5.93. The van der Waals surface area contributed by atoms with Crippen LogP contribution in [-0.2, 0) is 0 Å². The van der Waals surface area contributed by atoms with E-state index in [1.54, 1.807) is 38.5 Å². The number of hydrogen-bond acceptors (Lipinski definition) is 4. The van der Waals surface area contributed by atoms with Gasteiger partial charge in [0.2, 0.25) is 0 Å². The molecule has 0 aliphatic heterocycles. The number of guanidine groups is 1. The second-order valence-electron chi connectivity index (χ2n) is 5.48. The third kappa shape index (κ3) is 5.35. The Hall–Kier alpha value is -2.80. The Bertz CT molecular complexity index is 735. The molecular formula is C19H24FN3O3. The van der Waals surface area contributed by atoms with E-state index in [1.807, 2.05) is 13.0 Å². The van der Waals surface area contributed by atoms with Gasteiger partial charge in [-0.15, -0.1) is 0 Å². The molecule has 0 heterocycles. The number of anilines is 1. The van der Waals surface area contributed by atoms with Gasteiger partial charge in [0.05, 0.1) is 26.9 Å². The monoisotopic (exact) mass is 361 g/mol. The number of aliphatic hydroxyl groups excluding tert-OH is 1. The zero-order valence-corrected chi connectivity index (χ0v) is 15.1. The van der Waals surface area contributed by atoms with Gasteiger partial charge in [-0.2, -0.15) is 0 Å². The average molecular weight is 361 g/mol. The maximum absolute atomic E-state index is 13.0. The van der Waals surface area contributed by atoms with E-state index in [0.717, 1.165) is 5.69 Å². The lowest BCUT2D eigenvalue weighted by Crippen LogP contribution is -2.31. The molecule has 0 bridgehead atoms. The molecule has 6 nitrogen and oxygen atoms in total. The molecule has 0 aromatic heterocycles. The minimum absolute atomic E-state index is 0.133. The van der Waals surface area contributed by atoms with Crippen LogP contribution in [0.4, 0.5) is 10.1 Å². The molecule has 0 saturated carbocycles. The molecule has 0 fully saturated rings. The summed E-state index contributed by atoms with van der Waals surface area (Å²) >= 11 is 0. The van der Waals surface area contributed by atoms with Crippen molar-refractivity contribution in [1.82, 2.24) is 5.32 Å². The lowest BCUT2D eigenvalue weighted by molar-refractivity contribution is 0.187. The van der Waals surface area contributed by atoms with E-state index < -0.39 is 6.10 Å². The van der Waals surface area contributed by atoms with Gasteiger partial charge in [0.25, 0.3) is 0 Å². The summed E-state index contributed by atoms with van der Waals surface area (Å²) in [6.07, 6.45) is -0.823. The normalized spacial score (nSPS) is 12.4. The molecule has 2 aromatic carbocycles. The molecule has 0 aliphatic carbocycles. The van der Waals surface area contributed by atoms with Crippen LogP contribution in [0.3, 0.4) is 0 Å². The van der Waals surface area contributed by atoms with E-state index in [-0.39, 0.29) is 12.4 Å². The minimum atomic E-state index is -0.823. The first-order valence-electron chi connectivity index (χ1n) is 8.28. The Morgan fingerprint density at radius 1 is 1.12 bits per heavy atom. The van der Waals surface area contributed by atoms with Crippen molar-refractivity contribution >= 4 is 11.6 Å². The Morgan fingerprint density at radius 2 is 1.81 bits per heavy atom. The number of hydrogen-bond donors (Lipinski definition) is 3. The van der Waals surface area contributed by atoms with Crippen LogP contribution in [0.15, 0.2) is 47.5 Å². The summed E-state index contributed by atoms with van der Waals surface area (Å²) in [6, 6.07) is 11.1. The molecule has 2 aromatic rings. The van der Waals surface area contributed by atoms with Crippen LogP contribution in [0.5, 0.6) is 11.5 Å². The van der Waals surface area contributed by atoms with Gasteiger partial charge in [-0.25, -0.2) is 9.38 Å². The molecule has 1 atom stereocenters. The van der Waals surface area contributed by atoms with E-state index in [0.29, 0.717) is 29.6 Å². The van der Waals surface area contributed by atoms with E-state index >= 15 is 0 Å². The van der Waals surface area contributed by atoms with Crippen LogP contribution in [0.25, 0.3) is 0 Å². The van der Waals surface area contributed by atoms with Gasteiger partial charge >= 0.3 is 0 Å². The smallest absolute Gasteiger partial charge is 0.195 e. The maximum atomic E-state index is 13.0. The first-order chi connectivity index (χ1) is 12.6. The third-order valence-corrected chi connectivity index (χ3v) is 3.67. The number of benzene rings is 2. The number of nitrogens with zero attached hydrogens (tertiary/aromatic N) is 1. The van der Waals surface area contributed by atoms with Gasteiger partial charge in [0.1, 0.15) is 5.82 Å². The van der Waals surface area contributed by atoms with Gasteiger partial charge in [-0.05, 0) is 36.8 Å². The largest absolute Gasteiger partial charge is 0.493 e. The molecule has 1 unspecified atom stereocenters. The summed E-state index contributed by atoms with van der Waals surface area (Å²) in [5.41, 5.74) is 1.37. The van der Waals surface area contributed by atoms with Crippen LogP contribution in [0, 0.1) is 5.82 Å². The highest BCUT2D eigenvalue weighted by atomic mass is 19.1. The van der Waals surface area contributed by atoms with E-state index in [4.69, 9.17) is 9.47 Å². The van der Waals surface area contributed by atoms with E-state index in [1.165, 1.54) is 12.1 Å². The standard InChI is InChI=1S/C19H24FN3O3/c1-4-21-19(22-12-16(24)13-5-7-14(20)8-6-13)23-15-9-10-17(25-2)18(11-15)26-3/h5-11,16,24H,4,12H2,1-3H3,(H2,21,22,23). The lowest BCUT2D eigenvalue weighted by atomic mass is 10.1. The summed E-state index contributed by atoms with van der Waals surface area (Å²) in [6.45, 7) is 2.74. The molecule has 0 spiro atoms. The molecule has 3 N–H and O–H groups in total. The van der Waals surface area contributed by atoms with Crippen molar-refractivity contribution in [2.45, 2.75) is 13.0 Å². The molecule has 140 valence electrons. The van der Waals surface area contributed by atoms with E-state index in [9.17, 15) is 9.50 Å². The molecule has 0 aliphatic rings. The summed E-state index contributed by atoms with van der Waals surface area (Å²) in [4.78, 5) is 4.38. The number of ether oxygens (including phenoxy) is 2. The predicted octanol–water partition coefficient (Wildman–Crippen LogP) is 2.95. The Balaban J connectivity index is 2.09. The highest BCUT2D eigenvalue weighted by Gasteiger charge is 2.09. The molecule has 7 heteroatoms.